The van der Waals surface area contributed by atoms with Crippen molar-refractivity contribution in [2.45, 2.75) is 13.1 Å². The second-order valence-electron chi connectivity index (χ2n) is 11.2. The topological polar surface area (TPSA) is 161 Å². The van der Waals surface area contributed by atoms with Gasteiger partial charge < -0.3 is 4.74 Å². The van der Waals surface area contributed by atoms with Gasteiger partial charge in [-0.2, -0.15) is 20.7 Å². The third-order valence-corrected chi connectivity index (χ3v) is 9.14. The zero-order valence-corrected chi connectivity index (χ0v) is 30.1. The van der Waals surface area contributed by atoms with Crippen LogP contribution in [0, 0.1) is 26.4 Å². The van der Waals surface area contributed by atoms with Gasteiger partial charge in [0.1, 0.15) is 27.2 Å². The van der Waals surface area contributed by atoms with E-state index in [0.717, 1.165) is 47.5 Å². The van der Waals surface area contributed by atoms with Crippen LogP contribution in [0.15, 0.2) is 85.5 Å². The summed E-state index contributed by atoms with van der Waals surface area (Å²) in [6.07, 6.45) is 6.48. The minimum atomic E-state index is -0.566. The Hall–Kier alpha value is -5.74. The van der Waals surface area contributed by atoms with Crippen LogP contribution in [0.5, 0.6) is 0 Å². The molecule has 12 nitrogen and oxygen atoms in total. The predicted octanol–water partition coefficient (Wildman–Crippen LogP) is 7.50. The van der Waals surface area contributed by atoms with Gasteiger partial charge in [-0.25, -0.2) is 14.8 Å². The molecule has 0 N–H and O–H groups in total. The molecule has 0 radical (unpaired) electrons. The Kier molecular flexibility index (Phi) is 9.42. The lowest BCUT2D eigenvalue weighted by Crippen LogP contribution is -2.06. The average molecular weight is 823 g/mol. The fourth-order valence-electron chi connectivity index (χ4n) is 5.57. The van der Waals surface area contributed by atoms with Gasteiger partial charge in [0.25, 0.3) is 0 Å². The first-order valence-electron chi connectivity index (χ1n) is 15.1. The molecule has 248 valence electrons. The first-order valence-corrected chi connectivity index (χ1v) is 16.9. The smallest absolute Gasteiger partial charge is 0.359 e. The van der Waals surface area contributed by atoms with Gasteiger partial charge in [-0.15, -0.1) is 0 Å². The van der Waals surface area contributed by atoms with Gasteiger partial charge in [0.05, 0.1) is 64.7 Å². The number of benzene rings is 2. The molecule has 0 amide bonds. The number of aromatic nitrogens is 8. The Morgan fingerprint density at radius 2 is 1.24 bits per heavy atom. The Bertz CT molecular complexity index is 2750. The van der Waals surface area contributed by atoms with Gasteiger partial charge in [0.15, 0.2) is 5.69 Å². The third-order valence-electron chi connectivity index (χ3n) is 7.93. The number of nitrogens with zero attached hydrogens (tertiary/aromatic N) is 10. The molecule has 0 aliphatic heterocycles. The SMILES string of the molecule is COC(=O)c1nn(Cc2ccc3ncc(Cl)cc3c2)c2cnc(C#N)cc12.N#Cc1cc2c(I)nn(Cc3ccc4ncc(Cl)cc4c3)c2cn1. The molecule has 0 saturated carbocycles. The Labute approximate surface area is 313 Å². The second kappa shape index (κ2) is 14.2. The van der Waals surface area contributed by atoms with Crippen LogP contribution in [-0.4, -0.2) is 52.6 Å². The zero-order chi connectivity index (χ0) is 35.6. The number of nitriles is 2. The Morgan fingerprint density at radius 1 is 0.725 bits per heavy atom. The van der Waals surface area contributed by atoms with Crippen molar-refractivity contribution in [1.82, 2.24) is 39.5 Å². The monoisotopic (exact) mass is 822 g/mol. The summed E-state index contributed by atoms with van der Waals surface area (Å²) in [5.41, 5.74) is 6.09. The summed E-state index contributed by atoms with van der Waals surface area (Å²) in [6.45, 7) is 1.01. The van der Waals surface area contributed by atoms with Crippen LogP contribution >= 0.6 is 45.8 Å². The lowest BCUT2D eigenvalue weighted by molar-refractivity contribution is 0.0595. The van der Waals surface area contributed by atoms with E-state index in [0.29, 0.717) is 39.7 Å². The van der Waals surface area contributed by atoms with Gasteiger partial charge in [-0.1, -0.05) is 35.3 Å². The van der Waals surface area contributed by atoms with E-state index >= 15 is 0 Å². The van der Waals surface area contributed by atoms with Crippen LogP contribution in [0.1, 0.15) is 33.0 Å². The summed E-state index contributed by atoms with van der Waals surface area (Å²) >= 11 is 14.2. The van der Waals surface area contributed by atoms with Crippen LogP contribution in [0.3, 0.4) is 0 Å². The molecule has 51 heavy (non-hydrogen) atoms. The molecule has 0 saturated heterocycles. The van der Waals surface area contributed by atoms with Crippen molar-refractivity contribution in [3.8, 4) is 12.1 Å². The summed E-state index contributed by atoms with van der Waals surface area (Å²) in [5, 5.41) is 31.6. The van der Waals surface area contributed by atoms with Crippen LogP contribution in [0.2, 0.25) is 10.0 Å². The number of hydrogen-bond donors (Lipinski definition) is 0. The highest BCUT2D eigenvalue weighted by molar-refractivity contribution is 14.1. The van der Waals surface area contributed by atoms with Crippen molar-refractivity contribution < 1.29 is 9.53 Å². The number of pyridine rings is 4. The van der Waals surface area contributed by atoms with E-state index in [1.807, 2.05) is 53.2 Å². The first kappa shape index (κ1) is 33.7. The molecule has 6 aromatic heterocycles. The van der Waals surface area contributed by atoms with Gasteiger partial charge in [-0.3, -0.25) is 19.3 Å². The molecule has 15 heteroatoms. The highest BCUT2D eigenvalue weighted by atomic mass is 127. The number of fused-ring (bicyclic) bond motifs is 4. The molecule has 0 aliphatic carbocycles. The highest BCUT2D eigenvalue weighted by Gasteiger charge is 2.19. The molecule has 2 aromatic carbocycles. The summed E-state index contributed by atoms with van der Waals surface area (Å²) < 4.78 is 9.22. The maximum Gasteiger partial charge on any atom is 0.359 e. The van der Waals surface area contributed by atoms with E-state index in [1.165, 1.54) is 19.4 Å². The molecule has 0 spiro atoms. The van der Waals surface area contributed by atoms with Crippen molar-refractivity contribution in [2.24, 2.45) is 0 Å². The second-order valence-corrected chi connectivity index (χ2v) is 13.1. The molecular formula is C36H21Cl2IN10O2. The maximum atomic E-state index is 12.1. The molecule has 0 unspecified atom stereocenters. The molecular weight excluding hydrogens is 802 g/mol. The minimum absolute atomic E-state index is 0.150. The van der Waals surface area contributed by atoms with Crippen molar-refractivity contribution in [3.05, 3.63) is 127 Å². The van der Waals surface area contributed by atoms with Crippen LogP contribution < -0.4 is 0 Å². The van der Waals surface area contributed by atoms with E-state index in [2.05, 4.69) is 64.9 Å². The zero-order valence-electron chi connectivity index (χ0n) is 26.4. The van der Waals surface area contributed by atoms with Crippen molar-refractivity contribution >= 4 is 95.4 Å². The third kappa shape index (κ3) is 7.00. The fourth-order valence-corrected chi connectivity index (χ4v) is 6.59. The summed E-state index contributed by atoms with van der Waals surface area (Å²) in [6, 6.07) is 23.0. The van der Waals surface area contributed by atoms with Gasteiger partial charge in [0, 0.05) is 33.9 Å². The number of ether oxygens (including phenoxy) is 1. The first-order chi connectivity index (χ1) is 24.7. The highest BCUT2D eigenvalue weighted by Crippen LogP contribution is 2.25. The lowest BCUT2D eigenvalue weighted by atomic mass is 10.1. The maximum absolute atomic E-state index is 12.1. The standard InChI is InChI=1S/C19H12ClN5O2.C17H9ClIN5/c1-27-19(26)18-15-6-14(7-21)22-9-17(15)25(24-18)10-11-2-3-16-12(4-11)5-13(20)8-23-16;18-12-4-11-3-10(1-2-15(11)22-7-12)9-24-16-8-21-13(6-20)5-14(16)17(19)23-24/h2-6,8-9H,10H2,1H3;1-5,7-8H,9H2. The molecule has 8 rings (SSSR count). The van der Waals surface area contributed by atoms with E-state index in [9.17, 15) is 4.79 Å². The molecule has 8 aromatic rings. The normalized spacial score (nSPS) is 10.9. The number of carbonyl (C=O) groups excluding carboxylic acids is 1. The van der Waals surface area contributed by atoms with Gasteiger partial charge >= 0.3 is 5.97 Å². The molecule has 0 bridgehead atoms. The van der Waals surface area contributed by atoms with E-state index in [1.54, 1.807) is 29.3 Å². The number of carbonyl (C=O) groups is 1. The summed E-state index contributed by atoms with van der Waals surface area (Å²) in [7, 11) is 1.29. The van der Waals surface area contributed by atoms with Gasteiger partial charge in [-0.05, 0) is 82.2 Å². The fraction of sp³-hybridized carbons (Fsp3) is 0.0833. The van der Waals surface area contributed by atoms with Crippen molar-refractivity contribution in [3.63, 3.8) is 0 Å². The Balaban J connectivity index is 0.000000160. The largest absolute Gasteiger partial charge is 0.464 e. The van der Waals surface area contributed by atoms with E-state index < -0.39 is 5.97 Å². The average Bonchev–Trinajstić information content (AvgIpc) is 3.66. The number of halogens is 3. The van der Waals surface area contributed by atoms with E-state index in [4.69, 9.17) is 38.5 Å². The van der Waals surface area contributed by atoms with Crippen molar-refractivity contribution in [2.75, 3.05) is 7.11 Å². The number of methoxy groups -OCH3 is 1. The number of rotatable bonds is 5. The number of esters is 1. The van der Waals surface area contributed by atoms with Crippen LogP contribution in [0.4, 0.5) is 0 Å². The lowest BCUT2D eigenvalue weighted by Gasteiger charge is -2.06. The van der Waals surface area contributed by atoms with Gasteiger partial charge in [0.2, 0.25) is 0 Å². The molecule has 0 aliphatic rings. The molecule has 0 atom stereocenters. The summed E-state index contributed by atoms with van der Waals surface area (Å²) in [4.78, 5) is 28.9. The minimum Gasteiger partial charge on any atom is -0.464 e. The Morgan fingerprint density at radius 3 is 1.76 bits per heavy atom. The number of hydrogen-bond acceptors (Lipinski definition) is 10. The molecule has 6 heterocycles. The van der Waals surface area contributed by atoms with Crippen molar-refractivity contribution in [1.29, 1.82) is 10.5 Å². The van der Waals surface area contributed by atoms with Crippen LogP contribution in [0.25, 0.3) is 43.6 Å². The molecule has 0 fully saturated rings. The van der Waals surface area contributed by atoms with E-state index in [-0.39, 0.29) is 11.4 Å². The van der Waals surface area contributed by atoms with Crippen LogP contribution in [-0.2, 0) is 17.8 Å². The quantitative estimate of drug-likeness (QED) is 0.126. The predicted molar refractivity (Wildman–Crippen MR) is 200 cm³/mol. The summed E-state index contributed by atoms with van der Waals surface area (Å²) in [5.74, 6) is -0.566.